The van der Waals surface area contributed by atoms with E-state index >= 15 is 4.39 Å². The first-order valence-electron chi connectivity index (χ1n) is 16.0. The molecule has 1 saturated heterocycles. The highest BCUT2D eigenvalue weighted by Crippen LogP contribution is 2.33. The average Bonchev–Trinajstić information content (AvgIpc) is 2.99. The lowest BCUT2D eigenvalue weighted by atomic mass is 9.76. The summed E-state index contributed by atoms with van der Waals surface area (Å²) in [6.07, 6.45) is 17.4. The highest BCUT2D eigenvalue weighted by molar-refractivity contribution is 6.61. The molecular formula is C34H49BF2O3. The van der Waals surface area contributed by atoms with Gasteiger partial charge in [-0.3, -0.25) is 0 Å². The second-order valence-corrected chi connectivity index (χ2v) is 12.1. The van der Waals surface area contributed by atoms with Crippen molar-refractivity contribution in [3.63, 3.8) is 0 Å². The minimum absolute atomic E-state index is 0.0227. The van der Waals surface area contributed by atoms with Crippen LogP contribution >= 0.6 is 0 Å². The van der Waals surface area contributed by atoms with Gasteiger partial charge in [0, 0.05) is 24.6 Å². The molecule has 2 aliphatic rings. The number of aryl methyl sites for hydroxylation is 1. The van der Waals surface area contributed by atoms with Crippen LogP contribution in [0.1, 0.15) is 114 Å². The molecule has 1 aliphatic carbocycles. The number of hydrogen-bond donors (Lipinski definition) is 0. The molecule has 1 saturated carbocycles. The van der Waals surface area contributed by atoms with Gasteiger partial charge in [-0.25, -0.2) is 4.39 Å². The standard InChI is InChI=1S/C34H49BF2O3/c1-3-5-7-8-10-12-27-17-19-29(20-18-27)30-24-39-35(40-25-30)31-21-22-32(34(37)33(31)36)38-23-28-15-13-26(14-16-28)11-9-6-4-2/h17-22,26,28,30H,3-16,23-25H2,1-2H3. The second-order valence-electron chi connectivity index (χ2n) is 12.1. The van der Waals surface area contributed by atoms with Gasteiger partial charge in [0.2, 0.25) is 0 Å². The molecule has 220 valence electrons. The van der Waals surface area contributed by atoms with Crippen LogP contribution < -0.4 is 10.2 Å². The Morgan fingerprint density at radius 1 is 0.750 bits per heavy atom. The molecular weight excluding hydrogens is 505 g/mol. The van der Waals surface area contributed by atoms with Gasteiger partial charge >= 0.3 is 7.12 Å². The number of unbranched alkanes of at least 4 members (excludes halogenated alkanes) is 6. The van der Waals surface area contributed by atoms with E-state index in [1.807, 2.05) is 0 Å². The van der Waals surface area contributed by atoms with Crippen molar-refractivity contribution in [1.29, 1.82) is 0 Å². The molecule has 0 bridgehead atoms. The van der Waals surface area contributed by atoms with Crippen LogP contribution in [0.3, 0.4) is 0 Å². The average molecular weight is 555 g/mol. The Kier molecular flexibility index (Phi) is 12.8. The van der Waals surface area contributed by atoms with Gasteiger partial charge in [0.15, 0.2) is 17.4 Å². The normalized spacial score (nSPS) is 20.1. The first-order chi connectivity index (χ1) is 19.6. The van der Waals surface area contributed by atoms with Crippen molar-refractivity contribution >= 4 is 12.6 Å². The number of rotatable bonds is 15. The first kappa shape index (κ1) is 31.0. The Morgan fingerprint density at radius 3 is 2.10 bits per heavy atom. The molecule has 2 aromatic rings. The van der Waals surface area contributed by atoms with Crippen molar-refractivity contribution in [3.05, 3.63) is 59.2 Å². The summed E-state index contributed by atoms with van der Waals surface area (Å²) >= 11 is 0. The molecule has 1 aliphatic heterocycles. The van der Waals surface area contributed by atoms with Crippen LogP contribution in [0.25, 0.3) is 0 Å². The summed E-state index contributed by atoms with van der Waals surface area (Å²) in [5, 5.41) is 0. The summed E-state index contributed by atoms with van der Waals surface area (Å²) in [7, 11) is -0.912. The van der Waals surface area contributed by atoms with Crippen LogP contribution in [0.5, 0.6) is 5.75 Å². The predicted molar refractivity (Wildman–Crippen MR) is 160 cm³/mol. The zero-order valence-electron chi connectivity index (χ0n) is 24.8. The van der Waals surface area contributed by atoms with E-state index in [9.17, 15) is 4.39 Å². The SMILES string of the molecule is CCCCCCCc1ccc(C2COB(c3ccc(OCC4CCC(CCCCC)CC4)c(F)c3F)OC2)cc1. The van der Waals surface area contributed by atoms with Gasteiger partial charge in [-0.15, -0.1) is 0 Å². The first-order valence-corrected chi connectivity index (χ1v) is 16.0. The van der Waals surface area contributed by atoms with E-state index in [1.165, 1.54) is 82.3 Å². The lowest BCUT2D eigenvalue weighted by molar-refractivity contribution is 0.120. The summed E-state index contributed by atoms with van der Waals surface area (Å²) in [6, 6.07) is 11.7. The van der Waals surface area contributed by atoms with E-state index in [-0.39, 0.29) is 17.1 Å². The Balaban J connectivity index is 1.21. The monoisotopic (exact) mass is 554 g/mol. The number of benzene rings is 2. The fourth-order valence-corrected chi connectivity index (χ4v) is 6.18. The fraction of sp³-hybridized carbons (Fsp3) is 0.647. The summed E-state index contributed by atoms with van der Waals surface area (Å²) in [6.45, 7) is 5.72. The highest BCUT2D eigenvalue weighted by Gasteiger charge is 2.34. The van der Waals surface area contributed by atoms with Gasteiger partial charge in [0.05, 0.1) is 6.61 Å². The molecule has 1 heterocycles. The maximum Gasteiger partial charge on any atom is 0.497 e. The van der Waals surface area contributed by atoms with E-state index in [0.717, 1.165) is 30.7 Å². The van der Waals surface area contributed by atoms with Crippen LogP contribution in [0.15, 0.2) is 36.4 Å². The van der Waals surface area contributed by atoms with E-state index in [0.29, 0.717) is 25.7 Å². The quantitative estimate of drug-likeness (QED) is 0.163. The van der Waals surface area contributed by atoms with Gasteiger partial charge in [0.1, 0.15) is 0 Å². The molecule has 0 amide bonds. The molecule has 3 nitrogen and oxygen atoms in total. The zero-order chi connectivity index (χ0) is 28.2. The number of halogens is 2. The van der Waals surface area contributed by atoms with Crippen LogP contribution in [0, 0.1) is 23.5 Å². The van der Waals surface area contributed by atoms with Crippen molar-refractivity contribution in [1.82, 2.24) is 0 Å². The minimum Gasteiger partial charge on any atom is -0.490 e. The Morgan fingerprint density at radius 2 is 1.40 bits per heavy atom. The van der Waals surface area contributed by atoms with Crippen LogP contribution in [-0.2, 0) is 15.7 Å². The minimum atomic E-state index is -0.953. The molecule has 6 heteroatoms. The molecule has 0 aromatic heterocycles. The molecule has 0 N–H and O–H groups in total. The van der Waals surface area contributed by atoms with Crippen molar-refractivity contribution in [2.45, 2.75) is 110 Å². The molecule has 0 unspecified atom stereocenters. The lowest BCUT2D eigenvalue weighted by Gasteiger charge is -2.29. The third-order valence-electron chi connectivity index (χ3n) is 8.91. The van der Waals surface area contributed by atoms with E-state index in [1.54, 1.807) is 6.07 Å². The van der Waals surface area contributed by atoms with Gasteiger partial charge < -0.3 is 14.0 Å². The Hall–Kier alpha value is -1.92. The van der Waals surface area contributed by atoms with Gasteiger partial charge in [-0.2, -0.15) is 4.39 Å². The van der Waals surface area contributed by atoms with Gasteiger partial charge in [-0.05, 0) is 54.7 Å². The summed E-state index contributed by atoms with van der Waals surface area (Å²) < 4.78 is 47.5. The van der Waals surface area contributed by atoms with Crippen LogP contribution in [0.2, 0.25) is 0 Å². The molecule has 0 radical (unpaired) electrons. The number of ether oxygens (including phenoxy) is 1. The van der Waals surface area contributed by atoms with Crippen molar-refractivity contribution in [2.75, 3.05) is 19.8 Å². The Bertz CT molecular complexity index is 999. The third-order valence-corrected chi connectivity index (χ3v) is 8.91. The van der Waals surface area contributed by atoms with Gasteiger partial charge in [-0.1, -0.05) is 108 Å². The van der Waals surface area contributed by atoms with E-state index in [2.05, 4.69) is 38.1 Å². The second kappa shape index (κ2) is 16.5. The summed E-state index contributed by atoms with van der Waals surface area (Å²) in [4.78, 5) is 0. The number of hydrogen-bond acceptors (Lipinski definition) is 3. The summed E-state index contributed by atoms with van der Waals surface area (Å²) in [5.74, 6) is -0.617. The molecule has 2 fully saturated rings. The van der Waals surface area contributed by atoms with Crippen molar-refractivity contribution in [3.8, 4) is 5.75 Å². The van der Waals surface area contributed by atoms with Gasteiger partial charge in [0.25, 0.3) is 0 Å². The van der Waals surface area contributed by atoms with Crippen LogP contribution in [0.4, 0.5) is 8.78 Å². The largest absolute Gasteiger partial charge is 0.497 e. The molecule has 0 spiro atoms. The van der Waals surface area contributed by atoms with Crippen LogP contribution in [-0.4, -0.2) is 26.9 Å². The summed E-state index contributed by atoms with van der Waals surface area (Å²) in [5.41, 5.74) is 2.60. The van der Waals surface area contributed by atoms with Crippen molar-refractivity contribution < 1.29 is 22.8 Å². The highest BCUT2D eigenvalue weighted by atomic mass is 19.2. The zero-order valence-corrected chi connectivity index (χ0v) is 24.8. The third kappa shape index (κ3) is 9.04. The molecule has 0 atom stereocenters. The van der Waals surface area contributed by atoms with E-state index < -0.39 is 18.8 Å². The Labute approximate surface area is 241 Å². The molecule has 2 aromatic carbocycles. The lowest BCUT2D eigenvalue weighted by Crippen LogP contribution is -2.45. The van der Waals surface area contributed by atoms with Crippen molar-refractivity contribution in [2.24, 2.45) is 11.8 Å². The molecule has 40 heavy (non-hydrogen) atoms. The maximum atomic E-state index is 15.0. The topological polar surface area (TPSA) is 27.7 Å². The smallest absolute Gasteiger partial charge is 0.490 e. The predicted octanol–water partition coefficient (Wildman–Crippen LogP) is 8.77. The fourth-order valence-electron chi connectivity index (χ4n) is 6.18. The molecule has 4 rings (SSSR count). The maximum absolute atomic E-state index is 15.0. The van der Waals surface area contributed by atoms with E-state index in [4.69, 9.17) is 14.0 Å².